The average Bonchev–Trinajstić information content (AvgIpc) is 2.86. The number of carbonyl (C=O) groups is 1. The molecule has 4 rings (SSSR count). The third kappa shape index (κ3) is 3.88. The van der Waals surface area contributed by atoms with Gasteiger partial charge in [-0.05, 0) is 17.7 Å². The lowest BCUT2D eigenvalue weighted by atomic mass is 9.95. The highest BCUT2D eigenvalue weighted by molar-refractivity contribution is 9.10. The van der Waals surface area contributed by atoms with E-state index in [1.165, 1.54) is 18.4 Å². The van der Waals surface area contributed by atoms with Gasteiger partial charge in [0, 0.05) is 35.7 Å². The molecule has 4 nitrogen and oxygen atoms in total. The molecule has 28 heavy (non-hydrogen) atoms. The van der Waals surface area contributed by atoms with Crippen LogP contribution in [0.2, 0.25) is 0 Å². The van der Waals surface area contributed by atoms with Crippen molar-refractivity contribution in [2.24, 2.45) is 0 Å². The predicted octanol–water partition coefficient (Wildman–Crippen LogP) is 4.37. The van der Waals surface area contributed by atoms with Crippen molar-refractivity contribution < 1.29 is 19.1 Å². The van der Waals surface area contributed by atoms with E-state index in [-0.39, 0.29) is 6.10 Å². The molecule has 0 radical (unpaired) electrons. The molecule has 2 aromatic carbocycles. The Labute approximate surface area is 174 Å². The maximum absolute atomic E-state index is 12.4. The first-order valence-corrected chi connectivity index (χ1v) is 10.8. The number of hydrogen-bond acceptors (Lipinski definition) is 3. The smallest absolute Gasteiger partial charge is 0.339 e. The molecule has 3 unspecified atom stereocenters. The lowest BCUT2D eigenvalue weighted by molar-refractivity contribution is -0.961. The minimum absolute atomic E-state index is 0.0977. The first-order valence-electron chi connectivity index (χ1n) is 9.98. The maximum Gasteiger partial charge on any atom is 0.339 e. The molecule has 5 heteroatoms. The van der Waals surface area contributed by atoms with Crippen LogP contribution in [0.15, 0.2) is 59.1 Å². The molecule has 0 spiro atoms. The fraction of sp³-hybridized carbons (Fsp3) is 0.435. The lowest BCUT2D eigenvalue weighted by Crippen LogP contribution is -2.58. The summed E-state index contributed by atoms with van der Waals surface area (Å²) >= 11 is 3.51. The Bertz CT molecular complexity index is 810. The molecule has 0 aromatic heterocycles. The number of quaternary nitrogens is 1. The highest BCUT2D eigenvalue weighted by atomic mass is 79.9. The van der Waals surface area contributed by atoms with E-state index in [1.54, 1.807) is 12.1 Å². The van der Waals surface area contributed by atoms with Crippen LogP contribution in [0.25, 0.3) is 0 Å². The Morgan fingerprint density at radius 2 is 1.71 bits per heavy atom. The summed E-state index contributed by atoms with van der Waals surface area (Å²) in [7, 11) is 2.35. The number of benzene rings is 2. The zero-order chi connectivity index (χ0) is 19.7. The van der Waals surface area contributed by atoms with Crippen molar-refractivity contribution in [3.63, 3.8) is 0 Å². The summed E-state index contributed by atoms with van der Waals surface area (Å²) < 4.78 is 7.87. The van der Waals surface area contributed by atoms with Crippen LogP contribution in [-0.2, 0) is 16.1 Å². The van der Waals surface area contributed by atoms with Gasteiger partial charge in [0.25, 0.3) is 0 Å². The van der Waals surface area contributed by atoms with Gasteiger partial charge in [0.2, 0.25) is 0 Å². The molecule has 0 aliphatic carbocycles. The van der Waals surface area contributed by atoms with Crippen molar-refractivity contribution in [1.82, 2.24) is 0 Å². The third-order valence-electron chi connectivity index (χ3n) is 6.63. The van der Waals surface area contributed by atoms with Crippen LogP contribution >= 0.6 is 15.9 Å². The summed E-state index contributed by atoms with van der Waals surface area (Å²) in [5.41, 5.74) is 1.93. The Morgan fingerprint density at radius 1 is 1.11 bits per heavy atom. The van der Waals surface area contributed by atoms with Gasteiger partial charge in [-0.1, -0.05) is 58.4 Å². The second-order valence-electron chi connectivity index (χ2n) is 8.36. The molecule has 2 bridgehead atoms. The fourth-order valence-electron chi connectivity index (χ4n) is 5.03. The van der Waals surface area contributed by atoms with E-state index in [0.29, 0.717) is 17.6 Å². The molecule has 1 N–H and O–H groups in total. The minimum atomic E-state index is -1.20. The van der Waals surface area contributed by atoms with Crippen molar-refractivity contribution in [3.05, 3.63) is 70.2 Å². The minimum Gasteiger partial charge on any atom is -0.460 e. The van der Waals surface area contributed by atoms with Crippen molar-refractivity contribution in [1.29, 1.82) is 0 Å². The van der Waals surface area contributed by atoms with Gasteiger partial charge in [-0.15, -0.1) is 0 Å². The van der Waals surface area contributed by atoms with Gasteiger partial charge in [-0.25, -0.2) is 4.79 Å². The largest absolute Gasteiger partial charge is 0.460 e. The maximum atomic E-state index is 12.4. The number of aliphatic hydroxyl groups is 1. The summed E-state index contributed by atoms with van der Waals surface area (Å²) in [4.78, 5) is 12.4. The molecular weight excluding hydrogens is 418 g/mol. The lowest BCUT2D eigenvalue weighted by Gasteiger charge is -2.47. The van der Waals surface area contributed by atoms with E-state index in [2.05, 4.69) is 47.2 Å². The number of piperidine rings is 1. The number of halogens is 1. The summed E-state index contributed by atoms with van der Waals surface area (Å²) in [6.45, 7) is 1.01. The quantitative estimate of drug-likeness (QED) is 0.550. The molecule has 2 heterocycles. The average molecular weight is 445 g/mol. The van der Waals surface area contributed by atoms with Crippen LogP contribution in [0.1, 0.15) is 42.9 Å². The van der Waals surface area contributed by atoms with Crippen LogP contribution in [0.5, 0.6) is 0 Å². The van der Waals surface area contributed by atoms with E-state index in [1.807, 2.05) is 18.2 Å². The zero-order valence-electron chi connectivity index (χ0n) is 16.1. The van der Waals surface area contributed by atoms with Crippen molar-refractivity contribution in [2.75, 3.05) is 7.05 Å². The second kappa shape index (κ2) is 7.97. The molecule has 2 saturated heterocycles. The van der Waals surface area contributed by atoms with Gasteiger partial charge < -0.3 is 14.3 Å². The highest BCUT2D eigenvalue weighted by Gasteiger charge is 2.52. The van der Waals surface area contributed by atoms with Crippen LogP contribution in [0.3, 0.4) is 0 Å². The third-order valence-corrected chi connectivity index (χ3v) is 7.16. The summed E-state index contributed by atoms with van der Waals surface area (Å²) in [6.07, 6.45) is 2.79. The molecule has 2 aromatic rings. The topological polar surface area (TPSA) is 46.5 Å². The summed E-state index contributed by atoms with van der Waals surface area (Å²) in [6, 6.07) is 18.6. The number of esters is 1. The van der Waals surface area contributed by atoms with Gasteiger partial charge in [0.05, 0.1) is 19.1 Å². The Kier molecular flexibility index (Phi) is 5.59. The van der Waals surface area contributed by atoms with E-state index >= 15 is 0 Å². The molecule has 3 atom stereocenters. The molecule has 0 amide bonds. The van der Waals surface area contributed by atoms with Gasteiger partial charge in [-0.2, -0.15) is 0 Å². The number of rotatable bonds is 5. The van der Waals surface area contributed by atoms with E-state index in [4.69, 9.17) is 4.74 Å². The Balaban J connectivity index is 1.40. The number of hydrogen-bond donors (Lipinski definition) is 1. The number of fused-ring (bicyclic) bond motifs is 2. The van der Waals surface area contributed by atoms with Gasteiger partial charge in [0.15, 0.2) is 6.10 Å². The number of carbonyl (C=O) groups excluding carboxylic acids is 1. The van der Waals surface area contributed by atoms with Crippen LogP contribution in [0.4, 0.5) is 0 Å². The van der Waals surface area contributed by atoms with Gasteiger partial charge in [-0.3, -0.25) is 0 Å². The molecule has 0 saturated carbocycles. The monoisotopic (exact) mass is 444 g/mol. The SMILES string of the molecule is C[N+]1(Cc2ccc(Br)cc2)C2CCC1CC(OC(=O)C(O)c1ccccc1)C2. The van der Waals surface area contributed by atoms with Crippen LogP contribution in [-0.4, -0.2) is 40.8 Å². The Hall–Kier alpha value is -1.69. The number of ether oxygens (including phenoxy) is 1. The summed E-state index contributed by atoms with van der Waals surface area (Å²) in [5.74, 6) is -0.528. The molecular formula is C23H27BrNO3+. The molecule has 2 fully saturated rings. The highest BCUT2D eigenvalue weighted by Crippen LogP contribution is 2.43. The zero-order valence-corrected chi connectivity index (χ0v) is 17.7. The van der Waals surface area contributed by atoms with Crippen molar-refractivity contribution in [3.8, 4) is 0 Å². The van der Waals surface area contributed by atoms with Crippen molar-refractivity contribution in [2.45, 2.75) is 56.5 Å². The van der Waals surface area contributed by atoms with Crippen molar-refractivity contribution >= 4 is 21.9 Å². The number of nitrogens with zero attached hydrogens (tertiary/aromatic N) is 1. The normalized spacial score (nSPS) is 30.0. The summed E-state index contributed by atoms with van der Waals surface area (Å²) in [5, 5.41) is 10.3. The first kappa shape index (κ1) is 19.6. The van der Waals surface area contributed by atoms with Gasteiger partial charge in [0.1, 0.15) is 12.6 Å². The van der Waals surface area contributed by atoms with E-state index in [9.17, 15) is 9.90 Å². The second-order valence-corrected chi connectivity index (χ2v) is 9.28. The Morgan fingerprint density at radius 3 is 2.32 bits per heavy atom. The van der Waals surface area contributed by atoms with Crippen LogP contribution < -0.4 is 0 Å². The number of aliphatic hydroxyl groups excluding tert-OH is 1. The molecule has 2 aliphatic rings. The fourth-order valence-corrected chi connectivity index (χ4v) is 5.30. The van der Waals surface area contributed by atoms with Crippen LogP contribution in [0, 0.1) is 0 Å². The molecule has 148 valence electrons. The standard InChI is InChI=1S/C23H27BrNO3/c1-25(15-16-7-9-18(24)10-8-16)19-11-12-20(25)14-21(13-19)28-23(27)22(26)17-5-3-2-4-6-17/h2-10,19-22,26H,11-15H2,1H3/q+1. The predicted molar refractivity (Wildman–Crippen MR) is 111 cm³/mol. The van der Waals surface area contributed by atoms with E-state index < -0.39 is 12.1 Å². The van der Waals surface area contributed by atoms with Gasteiger partial charge >= 0.3 is 5.97 Å². The first-order chi connectivity index (χ1) is 13.5. The molecule has 2 aliphatic heterocycles. The van der Waals surface area contributed by atoms with E-state index in [0.717, 1.165) is 28.3 Å².